The third kappa shape index (κ3) is 2.57. The van der Waals surface area contributed by atoms with Crippen LogP contribution in [0.4, 0.5) is 5.82 Å². The Kier molecular flexibility index (Phi) is 3.50. The summed E-state index contributed by atoms with van der Waals surface area (Å²) in [5.41, 5.74) is 6.30. The van der Waals surface area contributed by atoms with Gasteiger partial charge in [-0.2, -0.15) is 0 Å². The number of nitrogens with two attached hydrogens (primary N) is 1. The molecule has 0 saturated heterocycles. The van der Waals surface area contributed by atoms with Crippen molar-refractivity contribution < 1.29 is 4.79 Å². The average molecular weight is 270 g/mol. The maximum Gasteiger partial charge on any atom is 0.220 e. The minimum Gasteiger partial charge on any atom is -0.369 e. The number of para-hydroxylation sites is 1. The summed E-state index contributed by atoms with van der Waals surface area (Å²) in [7, 11) is 0. The SMILES string of the molecule is NC(=O)C1CCC(Nc2ncnc3ccccc23)CC1. The van der Waals surface area contributed by atoms with Crippen molar-refractivity contribution in [1.82, 2.24) is 9.97 Å². The number of carbonyl (C=O) groups is 1. The number of nitrogens with one attached hydrogen (secondary N) is 1. The fourth-order valence-corrected chi connectivity index (χ4v) is 2.84. The summed E-state index contributed by atoms with van der Waals surface area (Å²) in [6.45, 7) is 0. The van der Waals surface area contributed by atoms with Crippen molar-refractivity contribution in [3.8, 4) is 0 Å². The molecule has 2 aromatic rings. The van der Waals surface area contributed by atoms with E-state index in [0.29, 0.717) is 6.04 Å². The Hall–Kier alpha value is -2.17. The Bertz CT molecular complexity index is 615. The number of rotatable bonds is 3. The first kappa shape index (κ1) is 12.8. The van der Waals surface area contributed by atoms with Gasteiger partial charge in [-0.3, -0.25) is 4.79 Å². The third-order valence-corrected chi connectivity index (χ3v) is 4.01. The van der Waals surface area contributed by atoms with Crippen LogP contribution in [0.1, 0.15) is 25.7 Å². The summed E-state index contributed by atoms with van der Waals surface area (Å²) in [6, 6.07) is 8.31. The molecule has 1 aromatic heterocycles. The molecule has 1 aliphatic carbocycles. The van der Waals surface area contributed by atoms with Crippen LogP contribution < -0.4 is 11.1 Å². The van der Waals surface area contributed by atoms with Crippen LogP contribution >= 0.6 is 0 Å². The van der Waals surface area contributed by atoms with E-state index in [1.54, 1.807) is 6.33 Å². The molecule has 0 bridgehead atoms. The standard InChI is InChI=1S/C15H18N4O/c16-14(20)10-5-7-11(8-6-10)19-15-12-3-1-2-4-13(12)17-9-18-15/h1-4,9-11H,5-8H2,(H2,16,20)(H,17,18,19). The van der Waals surface area contributed by atoms with Crippen molar-refractivity contribution in [2.24, 2.45) is 11.7 Å². The van der Waals surface area contributed by atoms with Gasteiger partial charge in [-0.25, -0.2) is 9.97 Å². The fraction of sp³-hybridized carbons (Fsp3) is 0.400. The molecule has 20 heavy (non-hydrogen) atoms. The van der Waals surface area contributed by atoms with Gasteiger partial charge in [-0.1, -0.05) is 12.1 Å². The lowest BCUT2D eigenvalue weighted by Gasteiger charge is -2.28. The van der Waals surface area contributed by atoms with Crippen LogP contribution in [0.15, 0.2) is 30.6 Å². The number of anilines is 1. The second-order valence-corrected chi connectivity index (χ2v) is 5.33. The molecule has 1 amide bonds. The topological polar surface area (TPSA) is 80.9 Å². The Balaban J connectivity index is 1.73. The van der Waals surface area contributed by atoms with E-state index in [0.717, 1.165) is 42.4 Å². The number of hydrogen-bond acceptors (Lipinski definition) is 4. The Morgan fingerprint density at radius 3 is 2.65 bits per heavy atom. The highest BCUT2D eigenvalue weighted by Gasteiger charge is 2.24. The lowest BCUT2D eigenvalue weighted by molar-refractivity contribution is -0.122. The van der Waals surface area contributed by atoms with Gasteiger partial charge >= 0.3 is 0 Å². The molecule has 0 aliphatic heterocycles. The maximum atomic E-state index is 11.2. The molecule has 1 heterocycles. The van der Waals surface area contributed by atoms with Gasteiger partial charge in [-0.05, 0) is 37.8 Å². The van der Waals surface area contributed by atoms with E-state index >= 15 is 0 Å². The number of fused-ring (bicyclic) bond motifs is 1. The minimum atomic E-state index is -0.170. The minimum absolute atomic E-state index is 0.0372. The molecule has 1 aliphatic rings. The molecule has 1 fully saturated rings. The molecular weight excluding hydrogens is 252 g/mol. The quantitative estimate of drug-likeness (QED) is 0.894. The molecule has 0 atom stereocenters. The zero-order valence-corrected chi connectivity index (χ0v) is 11.2. The number of primary amides is 1. The highest BCUT2D eigenvalue weighted by Crippen LogP contribution is 2.27. The zero-order valence-electron chi connectivity index (χ0n) is 11.2. The summed E-state index contributed by atoms with van der Waals surface area (Å²) in [5.74, 6) is 0.740. The highest BCUT2D eigenvalue weighted by atomic mass is 16.1. The number of benzene rings is 1. The number of aromatic nitrogens is 2. The first-order chi connectivity index (χ1) is 9.74. The molecule has 104 valence electrons. The smallest absolute Gasteiger partial charge is 0.220 e. The van der Waals surface area contributed by atoms with Crippen molar-refractivity contribution in [3.05, 3.63) is 30.6 Å². The first-order valence-corrected chi connectivity index (χ1v) is 6.99. The van der Waals surface area contributed by atoms with Crippen LogP contribution in [0.25, 0.3) is 10.9 Å². The van der Waals surface area contributed by atoms with E-state index in [9.17, 15) is 4.79 Å². The van der Waals surface area contributed by atoms with Gasteiger partial charge in [-0.15, -0.1) is 0 Å². The molecule has 5 nitrogen and oxygen atoms in total. The molecule has 0 spiro atoms. The van der Waals surface area contributed by atoms with Crippen molar-refractivity contribution in [2.45, 2.75) is 31.7 Å². The normalized spacial score (nSPS) is 22.6. The molecule has 3 N–H and O–H groups in total. The van der Waals surface area contributed by atoms with Crippen LogP contribution in [0.3, 0.4) is 0 Å². The summed E-state index contributed by atoms with van der Waals surface area (Å²) in [5, 5.41) is 4.51. The molecule has 1 saturated carbocycles. The van der Waals surface area contributed by atoms with Gasteiger partial charge in [0.25, 0.3) is 0 Å². The van der Waals surface area contributed by atoms with Gasteiger partial charge in [0, 0.05) is 17.3 Å². The third-order valence-electron chi connectivity index (χ3n) is 4.01. The second-order valence-electron chi connectivity index (χ2n) is 5.33. The molecular formula is C15H18N4O. The lowest BCUT2D eigenvalue weighted by Crippen LogP contribution is -2.32. The fourth-order valence-electron chi connectivity index (χ4n) is 2.84. The van der Waals surface area contributed by atoms with Gasteiger partial charge in [0.1, 0.15) is 12.1 Å². The molecule has 3 rings (SSSR count). The van der Waals surface area contributed by atoms with E-state index in [4.69, 9.17) is 5.73 Å². The van der Waals surface area contributed by atoms with E-state index in [2.05, 4.69) is 15.3 Å². The summed E-state index contributed by atoms with van der Waals surface area (Å²) < 4.78 is 0. The van der Waals surface area contributed by atoms with Crippen LogP contribution in [0.5, 0.6) is 0 Å². The van der Waals surface area contributed by atoms with Crippen molar-refractivity contribution in [2.75, 3.05) is 5.32 Å². The largest absolute Gasteiger partial charge is 0.369 e. The van der Waals surface area contributed by atoms with Crippen molar-refractivity contribution in [3.63, 3.8) is 0 Å². The number of carbonyl (C=O) groups excluding carboxylic acids is 1. The molecule has 1 aromatic carbocycles. The first-order valence-electron chi connectivity index (χ1n) is 6.99. The molecule has 5 heteroatoms. The van der Waals surface area contributed by atoms with Crippen LogP contribution in [-0.4, -0.2) is 21.9 Å². The van der Waals surface area contributed by atoms with Gasteiger partial charge in [0.15, 0.2) is 0 Å². The monoisotopic (exact) mass is 270 g/mol. The van der Waals surface area contributed by atoms with Crippen LogP contribution in [0.2, 0.25) is 0 Å². The van der Waals surface area contributed by atoms with Gasteiger partial charge < -0.3 is 11.1 Å². The lowest BCUT2D eigenvalue weighted by atomic mass is 9.85. The Morgan fingerprint density at radius 2 is 1.90 bits per heavy atom. The van der Waals surface area contributed by atoms with Crippen molar-refractivity contribution >= 4 is 22.6 Å². The van der Waals surface area contributed by atoms with E-state index in [1.807, 2.05) is 24.3 Å². The predicted molar refractivity (Wildman–Crippen MR) is 78.1 cm³/mol. The number of hydrogen-bond donors (Lipinski definition) is 2. The maximum absolute atomic E-state index is 11.2. The van der Waals surface area contributed by atoms with E-state index in [-0.39, 0.29) is 11.8 Å². The zero-order chi connectivity index (χ0) is 13.9. The van der Waals surface area contributed by atoms with Gasteiger partial charge in [0.2, 0.25) is 5.91 Å². The average Bonchev–Trinajstić information content (AvgIpc) is 2.48. The van der Waals surface area contributed by atoms with Crippen LogP contribution in [-0.2, 0) is 4.79 Å². The number of amides is 1. The predicted octanol–water partition coefficient (Wildman–Crippen LogP) is 2.09. The van der Waals surface area contributed by atoms with Gasteiger partial charge in [0.05, 0.1) is 5.52 Å². The van der Waals surface area contributed by atoms with Crippen LogP contribution in [0, 0.1) is 5.92 Å². The highest BCUT2D eigenvalue weighted by molar-refractivity contribution is 5.88. The Morgan fingerprint density at radius 1 is 1.15 bits per heavy atom. The summed E-state index contributed by atoms with van der Waals surface area (Å²) >= 11 is 0. The molecule has 0 unspecified atom stereocenters. The summed E-state index contributed by atoms with van der Waals surface area (Å²) in [6.07, 6.45) is 5.20. The van der Waals surface area contributed by atoms with E-state index in [1.165, 1.54) is 0 Å². The second kappa shape index (κ2) is 5.45. The van der Waals surface area contributed by atoms with Crippen molar-refractivity contribution in [1.29, 1.82) is 0 Å². The van der Waals surface area contributed by atoms with E-state index < -0.39 is 0 Å². The Labute approximate surface area is 117 Å². The molecule has 0 radical (unpaired) electrons. The number of nitrogens with zero attached hydrogens (tertiary/aromatic N) is 2. The summed E-state index contributed by atoms with van der Waals surface area (Å²) in [4.78, 5) is 19.8.